The highest BCUT2D eigenvalue weighted by atomic mass is 32.2. The average Bonchev–Trinajstić information content (AvgIpc) is 2.86. The van der Waals surface area contributed by atoms with Gasteiger partial charge in [0.25, 0.3) is 0 Å². The van der Waals surface area contributed by atoms with E-state index in [1.165, 1.54) is 0 Å². The Kier molecular flexibility index (Phi) is 5.61. The lowest BCUT2D eigenvalue weighted by atomic mass is 9.96. The molecule has 0 spiro atoms. The van der Waals surface area contributed by atoms with Crippen molar-refractivity contribution in [3.63, 3.8) is 0 Å². The Balaban J connectivity index is 2.12. The van der Waals surface area contributed by atoms with Gasteiger partial charge in [0.05, 0.1) is 16.1 Å². The number of nitrogens with two attached hydrogens (primary N) is 1. The van der Waals surface area contributed by atoms with E-state index in [2.05, 4.69) is 24.1 Å². The fourth-order valence-corrected chi connectivity index (χ4v) is 3.72. The van der Waals surface area contributed by atoms with Crippen molar-refractivity contribution in [1.29, 1.82) is 0 Å². The summed E-state index contributed by atoms with van der Waals surface area (Å²) in [5, 5.41) is 2.97. The van der Waals surface area contributed by atoms with Gasteiger partial charge in [0, 0.05) is 12.2 Å². The van der Waals surface area contributed by atoms with Gasteiger partial charge in [-0.05, 0) is 36.8 Å². The number of thiazole rings is 1. The summed E-state index contributed by atoms with van der Waals surface area (Å²) >= 11 is 3.27. The molecule has 1 aromatic carbocycles. The Morgan fingerprint density at radius 1 is 1.48 bits per heavy atom. The van der Waals surface area contributed by atoms with Gasteiger partial charge < -0.3 is 11.1 Å². The molecule has 0 aliphatic carbocycles. The molecule has 0 bridgehead atoms. The predicted octanol–water partition coefficient (Wildman–Crippen LogP) is 3.58. The van der Waals surface area contributed by atoms with E-state index in [1.54, 1.807) is 23.1 Å². The molecule has 1 amide bonds. The number of rotatable bonds is 6. The summed E-state index contributed by atoms with van der Waals surface area (Å²) in [6, 6.07) is 5.82. The van der Waals surface area contributed by atoms with E-state index in [9.17, 15) is 4.79 Å². The maximum atomic E-state index is 12.3. The Morgan fingerprint density at radius 3 is 2.86 bits per heavy atom. The average molecular weight is 323 g/mol. The molecule has 0 fully saturated rings. The number of nitrogens with zero attached hydrogens (tertiary/aromatic N) is 1. The number of hydrogen-bond acceptors (Lipinski definition) is 5. The number of fused-ring (bicyclic) bond motifs is 1. The molecule has 21 heavy (non-hydrogen) atoms. The summed E-state index contributed by atoms with van der Waals surface area (Å²) in [5.74, 6) is 0.321. The summed E-state index contributed by atoms with van der Waals surface area (Å²) in [6.07, 6.45) is 2.82. The lowest BCUT2D eigenvalue weighted by molar-refractivity contribution is -0.120. The van der Waals surface area contributed by atoms with E-state index in [0.29, 0.717) is 12.5 Å². The molecule has 0 saturated heterocycles. The van der Waals surface area contributed by atoms with Crippen LogP contribution in [0.25, 0.3) is 10.2 Å². The first-order valence-electron chi connectivity index (χ1n) is 6.99. The Hall–Kier alpha value is -1.11. The fourth-order valence-electron chi connectivity index (χ4n) is 2.19. The van der Waals surface area contributed by atoms with Crippen LogP contribution in [0.1, 0.15) is 20.3 Å². The van der Waals surface area contributed by atoms with E-state index in [1.807, 2.05) is 24.5 Å². The number of hydrogen-bond donors (Lipinski definition) is 2. The normalized spacial score (nSPS) is 12.8. The highest BCUT2D eigenvalue weighted by molar-refractivity contribution is 8.00. The van der Waals surface area contributed by atoms with Crippen LogP contribution in [0.15, 0.2) is 22.5 Å². The first kappa shape index (κ1) is 16.3. The van der Waals surface area contributed by atoms with Crippen LogP contribution in [-0.4, -0.2) is 23.7 Å². The minimum absolute atomic E-state index is 0.000144. The summed E-state index contributed by atoms with van der Waals surface area (Å²) in [4.78, 5) is 16.8. The molecular weight excluding hydrogens is 302 g/mol. The first-order valence-corrected chi connectivity index (χ1v) is 9.03. The van der Waals surface area contributed by atoms with Gasteiger partial charge in [0.1, 0.15) is 0 Å². The van der Waals surface area contributed by atoms with Crippen LogP contribution in [0.3, 0.4) is 0 Å². The van der Waals surface area contributed by atoms with Crippen LogP contribution in [0.5, 0.6) is 0 Å². The third kappa shape index (κ3) is 4.18. The first-order chi connectivity index (χ1) is 10.0. The summed E-state index contributed by atoms with van der Waals surface area (Å²) in [5.41, 5.74) is 7.50. The maximum Gasteiger partial charge on any atom is 0.228 e. The van der Waals surface area contributed by atoms with Crippen LogP contribution in [0.2, 0.25) is 0 Å². The van der Waals surface area contributed by atoms with Gasteiger partial charge in [-0.25, -0.2) is 4.98 Å². The molecule has 0 saturated carbocycles. The number of thioether (sulfide) groups is 1. The molecule has 0 radical (unpaired) electrons. The van der Waals surface area contributed by atoms with Crippen molar-refractivity contribution in [2.75, 3.05) is 18.1 Å². The molecule has 1 heterocycles. The summed E-state index contributed by atoms with van der Waals surface area (Å²) < 4.78 is 2.12. The highest BCUT2D eigenvalue weighted by Crippen LogP contribution is 2.30. The minimum Gasteiger partial charge on any atom is -0.330 e. The molecule has 1 unspecified atom stereocenters. The number of benzene rings is 1. The maximum absolute atomic E-state index is 12.3. The molecular formula is C15H21N3OS2. The van der Waals surface area contributed by atoms with E-state index >= 15 is 0 Å². The second-order valence-electron chi connectivity index (χ2n) is 5.42. The zero-order chi connectivity index (χ0) is 15.4. The highest BCUT2D eigenvalue weighted by Gasteiger charge is 2.18. The van der Waals surface area contributed by atoms with E-state index in [0.717, 1.165) is 26.7 Å². The summed E-state index contributed by atoms with van der Waals surface area (Å²) in [6.45, 7) is 4.58. The van der Waals surface area contributed by atoms with Crippen molar-refractivity contribution in [3.8, 4) is 0 Å². The van der Waals surface area contributed by atoms with Gasteiger partial charge >= 0.3 is 0 Å². The second kappa shape index (κ2) is 7.24. The van der Waals surface area contributed by atoms with E-state index in [4.69, 9.17) is 5.73 Å². The molecule has 1 aromatic heterocycles. The molecule has 2 rings (SSSR count). The van der Waals surface area contributed by atoms with Crippen LogP contribution in [0, 0.1) is 11.8 Å². The molecule has 114 valence electrons. The van der Waals surface area contributed by atoms with Crippen molar-refractivity contribution in [2.45, 2.75) is 24.6 Å². The third-order valence-electron chi connectivity index (χ3n) is 3.22. The van der Waals surface area contributed by atoms with Crippen molar-refractivity contribution < 1.29 is 4.79 Å². The topological polar surface area (TPSA) is 68.0 Å². The molecule has 3 N–H and O–H groups in total. The molecule has 1 atom stereocenters. The molecule has 0 aliphatic rings. The van der Waals surface area contributed by atoms with Crippen molar-refractivity contribution in [1.82, 2.24) is 4.98 Å². The molecule has 6 heteroatoms. The lowest BCUT2D eigenvalue weighted by Gasteiger charge is -2.16. The van der Waals surface area contributed by atoms with Gasteiger partial charge in [0.15, 0.2) is 4.34 Å². The zero-order valence-corrected chi connectivity index (χ0v) is 14.2. The predicted molar refractivity (Wildman–Crippen MR) is 92.0 cm³/mol. The Labute approximate surface area is 133 Å². The zero-order valence-electron chi connectivity index (χ0n) is 12.6. The minimum atomic E-state index is -0.135. The van der Waals surface area contributed by atoms with Gasteiger partial charge in [-0.15, -0.1) is 11.3 Å². The summed E-state index contributed by atoms with van der Waals surface area (Å²) in [7, 11) is 0. The van der Waals surface area contributed by atoms with Crippen LogP contribution in [-0.2, 0) is 4.79 Å². The Bertz CT molecular complexity index is 624. The van der Waals surface area contributed by atoms with E-state index < -0.39 is 0 Å². The Morgan fingerprint density at radius 2 is 2.24 bits per heavy atom. The van der Waals surface area contributed by atoms with Gasteiger partial charge in [0.2, 0.25) is 5.91 Å². The smallest absolute Gasteiger partial charge is 0.228 e. The SMILES string of the molecule is CSc1nc2ccc(NC(=O)C(CN)CC(C)C)cc2s1. The third-order valence-corrected chi connectivity index (χ3v) is 5.23. The molecule has 0 aliphatic heterocycles. The van der Waals surface area contributed by atoms with Gasteiger partial charge in [-0.3, -0.25) is 4.79 Å². The van der Waals surface area contributed by atoms with Crippen molar-refractivity contribution in [3.05, 3.63) is 18.2 Å². The lowest BCUT2D eigenvalue weighted by Crippen LogP contribution is -2.30. The quantitative estimate of drug-likeness (QED) is 0.797. The van der Waals surface area contributed by atoms with Crippen LogP contribution >= 0.6 is 23.1 Å². The molecule has 4 nitrogen and oxygen atoms in total. The number of amides is 1. The standard InChI is InChI=1S/C15H21N3OS2/c1-9(2)6-10(8-16)14(19)17-11-4-5-12-13(7-11)21-15(18-12)20-3/h4-5,7,9-10H,6,8,16H2,1-3H3,(H,17,19). The van der Waals surface area contributed by atoms with Gasteiger partial charge in [-0.1, -0.05) is 25.6 Å². The largest absolute Gasteiger partial charge is 0.330 e. The number of carbonyl (C=O) groups excluding carboxylic acids is 1. The van der Waals surface area contributed by atoms with Crippen LogP contribution in [0.4, 0.5) is 5.69 Å². The number of carbonyl (C=O) groups is 1. The number of aromatic nitrogens is 1. The van der Waals surface area contributed by atoms with Crippen molar-refractivity contribution in [2.24, 2.45) is 17.6 Å². The van der Waals surface area contributed by atoms with Crippen LogP contribution < -0.4 is 11.1 Å². The number of nitrogens with one attached hydrogen (secondary N) is 1. The monoisotopic (exact) mass is 323 g/mol. The number of anilines is 1. The van der Waals surface area contributed by atoms with Gasteiger partial charge in [-0.2, -0.15) is 0 Å². The van der Waals surface area contributed by atoms with E-state index in [-0.39, 0.29) is 11.8 Å². The fraction of sp³-hybridized carbons (Fsp3) is 0.467. The second-order valence-corrected chi connectivity index (χ2v) is 7.50. The van der Waals surface area contributed by atoms with Crippen molar-refractivity contribution >= 4 is 44.9 Å². The molecule has 2 aromatic rings.